The summed E-state index contributed by atoms with van der Waals surface area (Å²) in [4.78, 5) is 0. The van der Waals surface area contributed by atoms with Gasteiger partial charge < -0.3 is 4.43 Å². The highest BCUT2D eigenvalue weighted by atomic mass is 79.9. The quantitative estimate of drug-likeness (QED) is 0.224. The second-order valence-electron chi connectivity index (χ2n) is 7.35. The van der Waals surface area contributed by atoms with Crippen LogP contribution in [0.15, 0.2) is 0 Å². The summed E-state index contributed by atoms with van der Waals surface area (Å²) < 4.78 is 6.22. The van der Waals surface area contributed by atoms with Crippen LogP contribution in [0.3, 0.4) is 0 Å². The summed E-state index contributed by atoms with van der Waals surface area (Å²) in [5, 5.41) is 1.17. The molecule has 0 aromatic heterocycles. The van der Waals surface area contributed by atoms with Crippen LogP contribution in [0.25, 0.3) is 0 Å². The summed E-state index contributed by atoms with van der Waals surface area (Å²) in [6.07, 6.45) is 12.8. The standard InChI is InChI=1S/C17H37BrOSi/c1-17(2,3)16(19-20(4)5)14-12-10-8-6-7-9-11-13-15-18/h16,20H,6-15H2,1-5H3. The Labute approximate surface area is 138 Å². The monoisotopic (exact) mass is 364 g/mol. The molecule has 0 bridgehead atoms. The van der Waals surface area contributed by atoms with Gasteiger partial charge in [-0.05, 0) is 31.4 Å². The Bertz CT molecular complexity index is 214. The predicted octanol–water partition coefficient (Wildman–Crippen LogP) is 6.31. The third-order valence-corrected chi connectivity index (χ3v) is 5.19. The molecule has 0 radical (unpaired) electrons. The van der Waals surface area contributed by atoms with Crippen LogP contribution >= 0.6 is 15.9 Å². The molecule has 0 aliphatic carbocycles. The van der Waals surface area contributed by atoms with Gasteiger partial charge in [-0.15, -0.1) is 0 Å². The fraction of sp³-hybridized carbons (Fsp3) is 1.00. The molecule has 0 aromatic rings. The van der Waals surface area contributed by atoms with E-state index in [0.29, 0.717) is 11.5 Å². The first kappa shape index (κ1) is 20.7. The number of unbranched alkanes of at least 4 members (excludes halogenated alkanes) is 7. The summed E-state index contributed by atoms with van der Waals surface area (Å²) in [6, 6.07) is 0. The Kier molecular flexibility index (Phi) is 12.6. The molecular weight excluding hydrogens is 328 g/mol. The van der Waals surface area contributed by atoms with Crippen molar-refractivity contribution in [1.29, 1.82) is 0 Å². The fourth-order valence-electron chi connectivity index (χ4n) is 2.52. The minimum Gasteiger partial charge on any atom is -0.417 e. The van der Waals surface area contributed by atoms with E-state index in [2.05, 4.69) is 49.8 Å². The molecule has 3 heteroatoms. The van der Waals surface area contributed by atoms with Gasteiger partial charge in [0.25, 0.3) is 0 Å². The third kappa shape index (κ3) is 12.4. The molecule has 1 atom stereocenters. The highest BCUT2D eigenvalue weighted by Gasteiger charge is 2.25. The van der Waals surface area contributed by atoms with Crippen molar-refractivity contribution < 1.29 is 4.43 Å². The van der Waals surface area contributed by atoms with Crippen LogP contribution < -0.4 is 0 Å². The zero-order valence-electron chi connectivity index (χ0n) is 14.5. The maximum absolute atomic E-state index is 6.22. The van der Waals surface area contributed by atoms with Crippen LogP contribution in [0, 0.1) is 5.41 Å². The normalized spacial score (nSPS) is 13.9. The molecule has 0 spiro atoms. The predicted molar refractivity (Wildman–Crippen MR) is 98.6 cm³/mol. The van der Waals surface area contributed by atoms with Crippen molar-refractivity contribution in [2.75, 3.05) is 5.33 Å². The van der Waals surface area contributed by atoms with Crippen molar-refractivity contribution in [3.63, 3.8) is 0 Å². The molecule has 0 heterocycles. The maximum atomic E-state index is 6.22. The van der Waals surface area contributed by atoms with Gasteiger partial charge in [0.15, 0.2) is 9.04 Å². The average molecular weight is 365 g/mol. The molecule has 0 aromatic carbocycles. The molecule has 0 saturated heterocycles. The molecule has 0 fully saturated rings. The second kappa shape index (κ2) is 12.2. The lowest BCUT2D eigenvalue weighted by atomic mass is 9.86. The van der Waals surface area contributed by atoms with Crippen molar-refractivity contribution in [1.82, 2.24) is 0 Å². The van der Waals surface area contributed by atoms with E-state index in [9.17, 15) is 0 Å². The van der Waals surface area contributed by atoms with Gasteiger partial charge in [-0.25, -0.2) is 0 Å². The lowest BCUT2D eigenvalue weighted by molar-refractivity contribution is 0.0759. The molecule has 20 heavy (non-hydrogen) atoms. The van der Waals surface area contributed by atoms with Crippen molar-refractivity contribution in [3.8, 4) is 0 Å². The smallest absolute Gasteiger partial charge is 0.171 e. The van der Waals surface area contributed by atoms with Crippen LogP contribution in [0.4, 0.5) is 0 Å². The third-order valence-electron chi connectivity index (χ3n) is 3.75. The summed E-state index contributed by atoms with van der Waals surface area (Å²) in [5.74, 6) is 0. The van der Waals surface area contributed by atoms with Gasteiger partial charge in [0.2, 0.25) is 0 Å². The summed E-state index contributed by atoms with van der Waals surface area (Å²) in [7, 11) is -0.913. The first-order chi connectivity index (χ1) is 9.38. The first-order valence-electron chi connectivity index (χ1n) is 8.59. The van der Waals surface area contributed by atoms with Gasteiger partial charge >= 0.3 is 0 Å². The van der Waals surface area contributed by atoms with E-state index < -0.39 is 9.04 Å². The van der Waals surface area contributed by atoms with E-state index >= 15 is 0 Å². The number of halogens is 1. The fourth-order valence-corrected chi connectivity index (χ4v) is 4.12. The lowest BCUT2D eigenvalue weighted by Crippen LogP contribution is -2.33. The maximum Gasteiger partial charge on any atom is 0.171 e. The van der Waals surface area contributed by atoms with Crippen LogP contribution in [-0.2, 0) is 4.43 Å². The zero-order chi connectivity index (χ0) is 15.4. The molecule has 1 unspecified atom stereocenters. The summed E-state index contributed by atoms with van der Waals surface area (Å²) in [5.41, 5.74) is 0.299. The SMILES string of the molecule is C[SiH](C)OC(CCCCCCCCCCBr)C(C)(C)C. The number of hydrogen-bond donors (Lipinski definition) is 0. The Balaban J connectivity index is 3.59. The minimum absolute atomic E-state index is 0.299. The summed E-state index contributed by atoms with van der Waals surface area (Å²) in [6.45, 7) is 11.5. The molecule has 0 amide bonds. The minimum atomic E-state index is -0.913. The second-order valence-corrected chi connectivity index (χ2v) is 10.5. The van der Waals surface area contributed by atoms with Crippen LogP contribution in [-0.4, -0.2) is 20.5 Å². The molecule has 0 aliphatic rings. The molecule has 0 N–H and O–H groups in total. The van der Waals surface area contributed by atoms with Crippen molar-refractivity contribution in [2.45, 2.75) is 97.8 Å². The van der Waals surface area contributed by atoms with E-state index in [4.69, 9.17) is 4.43 Å². The number of alkyl halides is 1. The number of rotatable bonds is 12. The first-order valence-corrected chi connectivity index (χ1v) is 12.5. The lowest BCUT2D eigenvalue weighted by Gasteiger charge is -2.32. The van der Waals surface area contributed by atoms with Crippen LogP contribution in [0.2, 0.25) is 13.1 Å². The Hall–Kier alpha value is 0.657. The highest BCUT2D eigenvalue weighted by molar-refractivity contribution is 9.09. The Morgan fingerprint density at radius 2 is 1.30 bits per heavy atom. The average Bonchev–Trinajstić information content (AvgIpc) is 2.33. The van der Waals surface area contributed by atoms with Crippen molar-refractivity contribution in [3.05, 3.63) is 0 Å². The Morgan fingerprint density at radius 3 is 1.70 bits per heavy atom. The Morgan fingerprint density at radius 1 is 0.850 bits per heavy atom. The van der Waals surface area contributed by atoms with Gasteiger partial charge in [0.05, 0.1) is 0 Å². The molecular formula is C17H37BrOSi. The van der Waals surface area contributed by atoms with Crippen LogP contribution in [0.1, 0.15) is 78.6 Å². The van der Waals surface area contributed by atoms with Crippen molar-refractivity contribution >= 4 is 25.0 Å². The molecule has 0 saturated carbocycles. The largest absolute Gasteiger partial charge is 0.417 e. The molecule has 122 valence electrons. The summed E-state index contributed by atoms with van der Waals surface area (Å²) >= 11 is 3.49. The van der Waals surface area contributed by atoms with Gasteiger partial charge in [-0.1, -0.05) is 81.6 Å². The van der Waals surface area contributed by atoms with E-state index in [-0.39, 0.29) is 0 Å². The van der Waals surface area contributed by atoms with E-state index in [1.807, 2.05) is 0 Å². The van der Waals surface area contributed by atoms with E-state index in [0.717, 1.165) is 0 Å². The highest BCUT2D eigenvalue weighted by Crippen LogP contribution is 2.27. The molecule has 0 rings (SSSR count). The van der Waals surface area contributed by atoms with E-state index in [1.165, 1.54) is 63.1 Å². The van der Waals surface area contributed by atoms with Gasteiger partial charge in [-0.2, -0.15) is 0 Å². The zero-order valence-corrected chi connectivity index (χ0v) is 17.3. The number of hydrogen-bond acceptors (Lipinski definition) is 1. The molecule has 0 aliphatic heterocycles. The van der Waals surface area contributed by atoms with Gasteiger partial charge in [-0.3, -0.25) is 0 Å². The van der Waals surface area contributed by atoms with Gasteiger partial charge in [0, 0.05) is 11.4 Å². The van der Waals surface area contributed by atoms with Crippen LogP contribution in [0.5, 0.6) is 0 Å². The van der Waals surface area contributed by atoms with E-state index in [1.54, 1.807) is 0 Å². The molecule has 1 nitrogen and oxygen atoms in total. The van der Waals surface area contributed by atoms with Gasteiger partial charge in [0.1, 0.15) is 0 Å². The topological polar surface area (TPSA) is 9.23 Å². The van der Waals surface area contributed by atoms with Crippen molar-refractivity contribution in [2.24, 2.45) is 5.41 Å².